The Hall–Kier alpha value is -1.56. The zero-order valence-corrected chi connectivity index (χ0v) is 13.4. The Morgan fingerprint density at radius 3 is 2.38 bits per heavy atom. The second-order valence-corrected chi connectivity index (χ2v) is 6.44. The summed E-state index contributed by atoms with van der Waals surface area (Å²) in [7, 11) is 1.26. The van der Waals surface area contributed by atoms with E-state index < -0.39 is 29.8 Å². The van der Waals surface area contributed by atoms with Gasteiger partial charge < -0.3 is 14.6 Å². The van der Waals surface area contributed by atoms with Crippen LogP contribution in [-0.4, -0.2) is 47.6 Å². The minimum Gasteiger partial charge on any atom is -0.460 e. The Bertz CT molecular complexity index is 426. The van der Waals surface area contributed by atoms with Gasteiger partial charge in [-0.05, 0) is 27.7 Å². The van der Waals surface area contributed by atoms with Gasteiger partial charge in [0, 0.05) is 18.4 Å². The number of carbonyl (C=O) groups is 2. The molecule has 1 aliphatic heterocycles. The lowest BCUT2D eigenvalue weighted by Crippen LogP contribution is -2.38. The fourth-order valence-corrected chi connectivity index (χ4v) is 2.54. The van der Waals surface area contributed by atoms with Crippen LogP contribution in [0.4, 0.5) is 4.79 Å². The lowest BCUT2D eigenvalue weighted by molar-refractivity contribution is -0.157. The van der Waals surface area contributed by atoms with E-state index >= 15 is 0 Å². The number of likely N-dealkylation sites (tertiary alicyclic amines) is 1. The summed E-state index contributed by atoms with van der Waals surface area (Å²) in [5.74, 6) is -0.993. The van der Waals surface area contributed by atoms with Crippen molar-refractivity contribution < 1.29 is 24.2 Å². The maximum Gasteiger partial charge on any atom is 0.411 e. The van der Waals surface area contributed by atoms with Gasteiger partial charge in [0.25, 0.3) is 0 Å². The topological polar surface area (TPSA) is 76.1 Å². The molecule has 0 spiro atoms. The Morgan fingerprint density at radius 2 is 1.95 bits per heavy atom. The molecular formula is C15H25NO5. The van der Waals surface area contributed by atoms with Crippen molar-refractivity contribution in [3.63, 3.8) is 0 Å². The van der Waals surface area contributed by atoms with Crippen LogP contribution in [0.5, 0.6) is 0 Å². The molecule has 1 N–H and O–H groups in total. The van der Waals surface area contributed by atoms with Crippen LogP contribution in [0, 0.1) is 11.8 Å². The average Bonchev–Trinajstić information content (AvgIpc) is 2.64. The highest BCUT2D eigenvalue weighted by molar-refractivity contribution is 5.71. The van der Waals surface area contributed by atoms with E-state index in [2.05, 4.69) is 11.3 Å². The van der Waals surface area contributed by atoms with Gasteiger partial charge in [-0.3, -0.25) is 9.69 Å². The van der Waals surface area contributed by atoms with Crippen LogP contribution in [-0.2, 0) is 14.3 Å². The maximum absolute atomic E-state index is 12.0. The van der Waals surface area contributed by atoms with Crippen molar-refractivity contribution in [2.45, 2.75) is 45.9 Å². The highest BCUT2D eigenvalue weighted by atomic mass is 16.6. The summed E-state index contributed by atoms with van der Waals surface area (Å²) in [5.41, 5.74) is 0.232. The Balaban J connectivity index is 2.84. The number of aliphatic hydroxyl groups is 1. The van der Waals surface area contributed by atoms with Gasteiger partial charge in [0.15, 0.2) is 0 Å². The van der Waals surface area contributed by atoms with Gasteiger partial charge in [0.2, 0.25) is 0 Å². The predicted octanol–water partition coefficient (Wildman–Crippen LogP) is 1.93. The minimum absolute atomic E-state index is 0.0312. The number of carbonyl (C=O) groups excluding carboxylic acids is 2. The molecule has 1 saturated heterocycles. The quantitative estimate of drug-likeness (QED) is 0.636. The molecule has 1 aliphatic rings. The van der Waals surface area contributed by atoms with E-state index in [0.29, 0.717) is 0 Å². The van der Waals surface area contributed by atoms with Crippen molar-refractivity contribution in [2.75, 3.05) is 13.7 Å². The summed E-state index contributed by atoms with van der Waals surface area (Å²) in [4.78, 5) is 24.8. The molecule has 120 valence electrons. The molecule has 0 aliphatic carbocycles. The molecule has 0 aromatic heterocycles. The first-order valence-corrected chi connectivity index (χ1v) is 6.96. The smallest absolute Gasteiger partial charge is 0.411 e. The fourth-order valence-electron chi connectivity index (χ4n) is 2.54. The van der Waals surface area contributed by atoms with E-state index in [1.807, 2.05) is 6.92 Å². The molecule has 1 unspecified atom stereocenters. The molecule has 3 atom stereocenters. The number of hydrogen-bond donors (Lipinski definition) is 1. The second-order valence-electron chi connectivity index (χ2n) is 6.44. The molecule has 1 amide bonds. The Morgan fingerprint density at radius 1 is 1.38 bits per heavy atom. The van der Waals surface area contributed by atoms with E-state index in [-0.39, 0.29) is 18.9 Å². The molecule has 0 saturated carbocycles. The van der Waals surface area contributed by atoms with Crippen molar-refractivity contribution in [1.82, 2.24) is 4.90 Å². The van der Waals surface area contributed by atoms with E-state index in [4.69, 9.17) is 4.74 Å². The van der Waals surface area contributed by atoms with E-state index in [1.165, 1.54) is 12.0 Å². The lowest BCUT2D eigenvalue weighted by Gasteiger charge is -2.25. The number of nitrogens with zero attached hydrogens (tertiary/aromatic N) is 1. The number of ether oxygens (including phenoxy) is 2. The molecule has 21 heavy (non-hydrogen) atoms. The van der Waals surface area contributed by atoms with Crippen LogP contribution < -0.4 is 0 Å². The number of rotatable bonds is 3. The van der Waals surface area contributed by atoms with E-state index in [1.54, 1.807) is 20.8 Å². The molecule has 1 fully saturated rings. The molecule has 0 bridgehead atoms. The summed E-state index contributed by atoms with van der Waals surface area (Å²) < 4.78 is 9.93. The summed E-state index contributed by atoms with van der Waals surface area (Å²) in [5, 5.41) is 10.3. The zero-order valence-electron chi connectivity index (χ0n) is 13.4. The van der Waals surface area contributed by atoms with Crippen LogP contribution in [0.15, 0.2) is 12.2 Å². The second kappa shape index (κ2) is 6.47. The molecule has 0 aromatic rings. The summed E-state index contributed by atoms with van der Waals surface area (Å²) in [6.07, 6.45) is -1.66. The van der Waals surface area contributed by atoms with Crippen molar-refractivity contribution in [3.8, 4) is 0 Å². The first-order valence-electron chi connectivity index (χ1n) is 6.96. The molecule has 0 aromatic carbocycles. The number of amides is 1. The molecular weight excluding hydrogens is 274 g/mol. The normalized spacial score (nSPS) is 25.6. The van der Waals surface area contributed by atoms with Gasteiger partial charge in [-0.2, -0.15) is 0 Å². The maximum atomic E-state index is 12.0. The van der Waals surface area contributed by atoms with Crippen molar-refractivity contribution in [2.24, 2.45) is 11.8 Å². The van der Waals surface area contributed by atoms with Gasteiger partial charge in [0.05, 0.1) is 13.5 Å². The Labute approximate surface area is 125 Å². The van der Waals surface area contributed by atoms with E-state index in [9.17, 15) is 14.7 Å². The SMILES string of the molecule is C=C(C)[C@H]1CN(C(=O)OC)C(O)[C@H]1CC(=O)OC(C)(C)C. The standard InChI is InChI=1S/C15H25NO5/c1-9(2)11-8-16(14(19)20-6)13(18)10(11)7-12(17)21-15(3,4)5/h10-11,13,18H,1,7-8H2,2-6H3/t10-,11+,13?/m0/s1. The predicted molar refractivity (Wildman–Crippen MR) is 77.4 cm³/mol. The third-order valence-electron chi connectivity index (χ3n) is 3.48. The average molecular weight is 299 g/mol. The molecule has 1 rings (SSSR count). The number of hydrogen-bond acceptors (Lipinski definition) is 5. The number of aliphatic hydroxyl groups excluding tert-OH is 1. The Kier molecular flexibility index (Phi) is 5.39. The monoisotopic (exact) mass is 299 g/mol. The third-order valence-corrected chi connectivity index (χ3v) is 3.48. The fraction of sp³-hybridized carbons (Fsp3) is 0.733. The van der Waals surface area contributed by atoms with Crippen LogP contribution in [0.1, 0.15) is 34.1 Å². The van der Waals surface area contributed by atoms with Gasteiger partial charge in [-0.15, -0.1) is 0 Å². The summed E-state index contributed by atoms with van der Waals surface area (Å²) in [6.45, 7) is 11.3. The van der Waals surface area contributed by atoms with Crippen molar-refractivity contribution in [1.29, 1.82) is 0 Å². The first kappa shape index (κ1) is 17.5. The van der Waals surface area contributed by atoms with Crippen molar-refractivity contribution in [3.05, 3.63) is 12.2 Å². The highest BCUT2D eigenvalue weighted by Gasteiger charge is 2.45. The molecule has 0 radical (unpaired) electrons. The number of methoxy groups -OCH3 is 1. The lowest BCUT2D eigenvalue weighted by atomic mass is 9.87. The largest absolute Gasteiger partial charge is 0.460 e. The van der Waals surface area contributed by atoms with Crippen LogP contribution in [0.25, 0.3) is 0 Å². The van der Waals surface area contributed by atoms with Crippen molar-refractivity contribution >= 4 is 12.1 Å². The van der Waals surface area contributed by atoms with Crippen LogP contribution in [0.2, 0.25) is 0 Å². The van der Waals surface area contributed by atoms with Crippen LogP contribution >= 0.6 is 0 Å². The minimum atomic E-state index is -1.08. The van der Waals surface area contributed by atoms with E-state index in [0.717, 1.165) is 5.57 Å². The summed E-state index contributed by atoms with van der Waals surface area (Å²) in [6, 6.07) is 0. The molecule has 6 nitrogen and oxygen atoms in total. The van der Waals surface area contributed by atoms with Gasteiger partial charge in [-0.1, -0.05) is 12.2 Å². The zero-order chi connectivity index (χ0) is 16.4. The summed E-state index contributed by atoms with van der Waals surface area (Å²) >= 11 is 0. The first-order chi connectivity index (χ1) is 9.56. The third kappa shape index (κ3) is 4.46. The number of esters is 1. The van der Waals surface area contributed by atoms with Gasteiger partial charge in [0.1, 0.15) is 11.8 Å². The molecule has 1 heterocycles. The van der Waals surface area contributed by atoms with Gasteiger partial charge >= 0.3 is 12.1 Å². The highest BCUT2D eigenvalue weighted by Crippen LogP contribution is 2.36. The van der Waals surface area contributed by atoms with Gasteiger partial charge in [-0.25, -0.2) is 4.79 Å². The molecule has 6 heteroatoms. The van der Waals surface area contributed by atoms with Crippen LogP contribution in [0.3, 0.4) is 0 Å².